The highest BCUT2D eigenvalue weighted by atomic mass is 16.5. The van der Waals surface area contributed by atoms with E-state index in [-0.39, 0.29) is 17.6 Å². The number of pyridine rings is 1. The Labute approximate surface area is 129 Å². The maximum absolute atomic E-state index is 12.1. The lowest BCUT2D eigenvalue weighted by atomic mass is 9.81. The minimum absolute atomic E-state index is 0.0591. The number of aliphatic hydroxyl groups excluding tert-OH is 1. The Kier molecular flexibility index (Phi) is 4.57. The second-order valence-electron chi connectivity index (χ2n) is 6.08. The fourth-order valence-corrected chi connectivity index (χ4v) is 2.98. The van der Waals surface area contributed by atoms with Crippen molar-refractivity contribution >= 4 is 10.9 Å². The lowest BCUT2D eigenvalue weighted by Gasteiger charge is -2.35. The molecule has 0 atom stereocenters. The van der Waals surface area contributed by atoms with Gasteiger partial charge in [0.2, 0.25) is 0 Å². The minimum atomic E-state index is -0.123. The van der Waals surface area contributed by atoms with Crippen molar-refractivity contribution in [3.63, 3.8) is 0 Å². The summed E-state index contributed by atoms with van der Waals surface area (Å²) in [5, 5.41) is 14.0. The van der Waals surface area contributed by atoms with Crippen LogP contribution in [0.4, 0.5) is 0 Å². The maximum atomic E-state index is 12.1. The van der Waals surface area contributed by atoms with E-state index in [9.17, 15) is 9.90 Å². The Hall–Kier alpha value is -1.69. The highest BCUT2D eigenvalue weighted by Gasteiger charge is 2.31. The van der Waals surface area contributed by atoms with Crippen molar-refractivity contribution in [2.45, 2.75) is 19.4 Å². The van der Waals surface area contributed by atoms with Crippen LogP contribution in [-0.4, -0.2) is 36.5 Å². The number of nitrogens with one attached hydrogen (secondary N) is 2. The van der Waals surface area contributed by atoms with Crippen molar-refractivity contribution in [2.24, 2.45) is 5.41 Å². The van der Waals surface area contributed by atoms with E-state index >= 15 is 0 Å². The van der Waals surface area contributed by atoms with Gasteiger partial charge in [0.1, 0.15) is 0 Å². The zero-order valence-electron chi connectivity index (χ0n) is 12.6. The van der Waals surface area contributed by atoms with E-state index in [0.717, 1.165) is 29.3 Å². The summed E-state index contributed by atoms with van der Waals surface area (Å²) in [5.41, 5.74) is 1.39. The summed E-state index contributed by atoms with van der Waals surface area (Å²) in [6.45, 7) is 2.73. The van der Waals surface area contributed by atoms with Crippen LogP contribution < -0.4 is 10.9 Å². The van der Waals surface area contributed by atoms with E-state index in [1.165, 1.54) is 0 Å². The van der Waals surface area contributed by atoms with Crippen LogP contribution in [0.15, 0.2) is 35.1 Å². The molecule has 1 fully saturated rings. The number of hydrogen-bond donors (Lipinski definition) is 3. The van der Waals surface area contributed by atoms with Crippen LogP contribution in [-0.2, 0) is 11.3 Å². The van der Waals surface area contributed by atoms with Gasteiger partial charge in [-0.25, -0.2) is 0 Å². The Morgan fingerprint density at radius 3 is 2.82 bits per heavy atom. The third-order valence-corrected chi connectivity index (χ3v) is 4.53. The highest BCUT2D eigenvalue weighted by Crippen LogP contribution is 2.29. The molecule has 1 aromatic heterocycles. The number of H-pyrrole nitrogens is 1. The molecule has 1 aromatic carbocycles. The number of aromatic amines is 1. The monoisotopic (exact) mass is 302 g/mol. The molecule has 0 spiro atoms. The van der Waals surface area contributed by atoms with Crippen molar-refractivity contribution in [3.8, 4) is 0 Å². The van der Waals surface area contributed by atoms with E-state index in [0.29, 0.717) is 26.3 Å². The predicted molar refractivity (Wildman–Crippen MR) is 85.8 cm³/mol. The fraction of sp³-hybridized carbons (Fsp3) is 0.471. The number of aliphatic hydroxyl groups is 1. The lowest BCUT2D eigenvalue weighted by molar-refractivity contribution is -0.0154. The molecular weight excluding hydrogens is 280 g/mol. The number of ether oxygens (including phenoxy) is 1. The molecule has 0 unspecified atom stereocenters. The van der Waals surface area contributed by atoms with Gasteiger partial charge in [-0.2, -0.15) is 0 Å². The number of rotatable bonds is 5. The van der Waals surface area contributed by atoms with Crippen molar-refractivity contribution in [2.75, 3.05) is 26.4 Å². The molecule has 1 aliphatic heterocycles. The first kappa shape index (κ1) is 15.2. The van der Waals surface area contributed by atoms with Gasteiger partial charge >= 0.3 is 0 Å². The van der Waals surface area contributed by atoms with Crippen molar-refractivity contribution in [1.82, 2.24) is 10.3 Å². The van der Waals surface area contributed by atoms with Crippen molar-refractivity contribution in [1.29, 1.82) is 0 Å². The molecule has 0 bridgehead atoms. The highest BCUT2D eigenvalue weighted by molar-refractivity contribution is 5.78. The maximum Gasteiger partial charge on any atom is 0.252 e. The fourth-order valence-electron chi connectivity index (χ4n) is 2.98. The summed E-state index contributed by atoms with van der Waals surface area (Å²) in [6, 6.07) is 9.68. The third kappa shape index (κ3) is 3.21. The SMILES string of the molecule is O=c1[nH]c2ccccc2cc1CNCC1(CO)CCOCC1. The molecule has 1 aliphatic rings. The zero-order valence-corrected chi connectivity index (χ0v) is 12.6. The van der Waals surface area contributed by atoms with Crippen LogP contribution in [0, 0.1) is 5.41 Å². The van der Waals surface area contributed by atoms with Gasteiger partial charge in [0.15, 0.2) is 0 Å². The zero-order chi connectivity index (χ0) is 15.4. The van der Waals surface area contributed by atoms with E-state index in [1.54, 1.807) is 0 Å². The van der Waals surface area contributed by atoms with Crippen LogP contribution in [0.25, 0.3) is 10.9 Å². The van der Waals surface area contributed by atoms with E-state index < -0.39 is 0 Å². The van der Waals surface area contributed by atoms with Crippen LogP contribution in [0.2, 0.25) is 0 Å². The Balaban J connectivity index is 1.68. The van der Waals surface area contributed by atoms with Crippen LogP contribution in [0.1, 0.15) is 18.4 Å². The summed E-state index contributed by atoms with van der Waals surface area (Å²) >= 11 is 0. The molecule has 0 amide bonds. The first-order chi connectivity index (χ1) is 10.7. The van der Waals surface area contributed by atoms with Gasteiger partial charge < -0.3 is 20.1 Å². The molecule has 118 valence electrons. The summed E-state index contributed by atoms with van der Waals surface area (Å²) in [5.74, 6) is 0. The Morgan fingerprint density at radius 1 is 1.27 bits per heavy atom. The number of para-hydroxylation sites is 1. The van der Waals surface area contributed by atoms with Crippen LogP contribution >= 0.6 is 0 Å². The van der Waals surface area contributed by atoms with Crippen molar-refractivity contribution < 1.29 is 9.84 Å². The van der Waals surface area contributed by atoms with Crippen molar-refractivity contribution in [3.05, 3.63) is 46.2 Å². The number of benzene rings is 1. The summed E-state index contributed by atoms with van der Waals surface area (Å²) in [4.78, 5) is 15.0. The lowest BCUT2D eigenvalue weighted by Crippen LogP contribution is -2.42. The van der Waals surface area contributed by atoms with E-state index in [2.05, 4.69) is 10.3 Å². The average Bonchev–Trinajstić information content (AvgIpc) is 2.56. The van der Waals surface area contributed by atoms with Gasteiger partial charge in [-0.3, -0.25) is 4.79 Å². The summed E-state index contributed by atoms with van der Waals surface area (Å²) in [6.07, 6.45) is 1.70. The topological polar surface area (TPSA) is 74.4 Å². The molecule has 3 N–H and O–H groups in total. The second-order valence-corrected chi connectivity index (χ2v) is 6.08. The Morgan fingerprint density at radius 2 is 2.05 bits per heavy atom. The molecule has 0 saturated carbocycles. The molecule has 22 heavy (non-hydrogen) atoms. The van der Waals surface area contributed by atoms with E-state index in [1.807, 2.05) is 30.3 Å². The standard InChI is InChI=1S/C17H22N2O3/c20-12-17(5-7-22-8-6-17)11-18-10-14-9-13-3-1-2-4-15(13)19-16(14)21/h1-4,9,18,20H,5-8,10-12H2,(H,19,21). The largest absolute Gasteiger partial charge is 0.396 e. The second kappa shape index (κ2) is 6.60. The summed E-state index contributed by atoms with van der Waals surface area (Å²) in [7, 11) is 0. The van der Waals surface area contributed by atoms with Gasteiger partial charge in [0.05, 0.1) is 6.61 Å². The van der Waals surface area contributed by atoms with Gasteiger partial charge in [0, 0.05) is 42.8 Å². The molecule has 5 nitrogen and oxygen atoms in total. The number of aromatic nitrogens is 1. The molecule has 0 aliphatic carbocycles. The molecule has 0 radical (unpaired) electrons. The molecule has 2 heterocycles. The van der Waals surface area contributed by atoms with Gasteiger partial charge in [-0.1, -0.05) is 18.2 Å². The normalized spacial score (nSPS) is 17.7. The van der Waals surface area contributed by atoms with Crippen LogP contribution in [0.5, 0.6) is 0 Å². The number of fused-ring (bicyclic) bond motifs is 1. The van der Waals surface area contributed by atoms with Gasteiger partial charge in [-0.15, -0.1) is 0 Å². The molecule has 3 rings (SSSR count). The first-order valence-electron chi connectivity index (χ1n) is 7.73. The molecular formula is C17H22N2O3. The molecule has 2 aromatic rings. The van der Waals surface area contributed by atoms with Gasteiger partial charge in [-0.05, 0) is 30.4 Å². The van der Waals surface area contributed by atoms with Gasteiger partial charge in [0.25, 0.3) is 5.56 Å². The third-order valence-electron chi connectivity index (χ3n) is 4.53. The number of hydrogen-bond acceptors (Lipinski definition) is 4. The predicted octanol–water partition coefficient (Wildman–Crippen LogP) is 1.41. The van der Waals surface area contributed by atoms with Crippen LogP contribution in [0.3, 0.4) is 0 Å². The smallest absolute Gasteiger partial charge is 0.252 e. The minimum Gasteiger partial charge on any atom is -0.396 e. The molecule has 1 saturated heterocycles. The van der Waals surface area contributed by atoms with E-state index in [4.69, 9.17) is 4.74 Å². The molecule has 5 heteroatoms. The first-order valence-corrected chi connectivity index (χ1v) is 7.73. The quantitative estimate of drug-likeness (QED) is 0.780. The Bertz CT molecular complexity index is 690. The summed E-state index contributed by atoms with van der Waals surface area (Å²) < 4.78 is 5.36. The average molecular weight is 302 g/mol.